The van der Waals surface area contributed by atoms with Crippen LogP contribution in [0.15, 0.2) is 24.3 Å². The third kappa shape index (κ3) is 2.80. The Kier molecular flexibility index (Phi) is 4.17. The molecule has 0 spiro atoms. The minimum absolute atomic E-state index is 0.0363. The van der Waals surface area contributed by atoms with Gasteiger partial charge in [-0.2, -0.15) is 0 Å². The lowest BCUT2D eigenvalue weighted by molar-refractivity contribution is -0.118. The van der Waals surface area contributed by atoms with Crippen LogP contribution in [-0.2, 0) is 9.53 Å². The van der Waals surface area contributed by atoms with Crippen molar-refractivity contribution in [2.45, 2.75) is 6.17 Å². The van der Waals surface area contributed by atoms with Gasteiger partial charge in [0, 0.05) is 12.7 Å². The first kappa shape index (κ1) is 12.9. The van der Waals surface area contributed by atoms with Gasteiger partial charge in [0.15, 0.2) is 0 Å². The number of carbonyl (C=O) groups is 1. The van der Waals surface area contributed by atoms with Crippen LogP contribution in [0.3, 0.4) is 0 Å². The summed E-state index contributed by atoms with van der Waals surface area (Å²) in [5.41, 5.74) is 0.974. The second kappa shape index (κ2) is 5.84. The van der Waals surface area contributed by atoms with Crippen molar-refractivity contribution in [2.24, 2.45) is 0 Å². The Morgan fingerprint density at radius 1 is 1.39 bits per heavy atom. The number of nitrogens with zero attached hydrogens (tertiary/aromatic N) is 1. The number of hydrogen-bond acceptors (Lipinski definition) is 4. The van der Waals surface area contributed by atoms with E-state index in [-0.39, 0.29) is 12.1 Å². The number of methoxy groups -OCH3 is 1. The Balaban J connectivity index is 2.14. The van der Waals surface area contributed by atoms with Crippen molar-refractivity contribution < 1.29 is 14.3 Å². The third-order valence-corrected chi connectivity index (χ3v) is 2.89. The Labute approximate surface area is 107 Å². The monoisotopic (exact) mass is 250 g/mol. The van der Waals surface area contributed by atoms with Crippen molar-refractivity contribution in [2.75, 3.05) is 33.9 Å². The molecule has 1 aliphatic rings. The van der Waals surface area contributed by atoms with Gasteiger partial charge in [-0.25, -0.2) is 0 Å². The molecule has 5 heteroatoms. The topological polar surface area (TPSA) is 50.8 Å². The highest BCUT2D eigenvalue weighted by atomic mass is 16.5. The average Bonchev–Trinajstić information content (AvgIpc) is 2.69. The molecule has 0 bridgehead atoms. The number of carbonyl (C=O) groups excluding carboxylic acids is 1. The zero-order valence-corrected chi connectivity index (χ0v) is 10.7. The quantitative estimate of drug-likeness (QED) is 0.784. The number of amides is 1. The van der Waals surface area contributed by atoms with Crippen LogP contribution < -0.4 is 10.1 Å². The predicted octanol–water partition coefficient (Wildman–Crippen LogP) is 0.772. The van der Waals surface area contributed by atoms with Crippen LogP contribution in [0.25, 0.3) is 0 Å². The summed E-state index contributed by atoms with van der Waals surface area (Å²) >= 11 is 0. The number of nitrogens with one attached hydrogen (secondary N) is 1. The lowest BCUT2D eigenvalue weighted by Crippen LogP contribution is -2.25. The molecule has 0 radical (unpaired) electrons. The fourth-order valence-electron chi connectivity index (χ4n) is 2.01. The van der Waals surface area contributed by atoms with Gasteiger partial charge < -0.3 is 14.8 Å². The van der Waals surface area contributed by atoms with Crippen LogP contribution in [0.5, 0.6) is 5.75 Å². The van der Waals surface area contributed by atoms with Crippen LogP contribution in [0.2, 0.25) is 0 Å². The van der Waals surface area contributed by atoms with Crippen LogP contribution in [0.4, 0.5) is 0 Å². The van der Waals surface area contributed by atoms with Crippen molar-refractivity contribution in [1.82, 2.24) is 10.2 Å². The van der Waals surface area contributed by atoms with Crippen molar-refractivity contribution >= 4 is 5.91 Å². The predicted molar refractivity (Wildman–Crippen MR) is 67.3 cm³/mol. The number of ether oxygens (including phenoxy) is 2. The first-order valence-corrected chi connectivity index (χ1v) is 5.92. The zero-order valence-electron chi connectivity index (χ0n) is 10.7. The zero-order chi connectivity index (χ0) is 13.0. The van der Waals surface area contributed by atoms with E-state index >= 15 is 0 Å². The molecule has 0 aromatic heterocycles. The maximum atomic E-state index is 11.4. The van der Waals surface area contributed by atoms with E-state index in [1.54, 1.807) is 7.11 Å². The summed E-state index contributed by atoms with van der Waals surface area (Å²) in [5.74, 6) is 0.822. The number of benzene rings is 1. The molecule has 1 amide bonds. The van der Waals surface area contributed by atoms with E-state index in [1.165, 1.54) is 0 Å². The van der Waals surface area contributed by atoms with Crippen molar-refractivity contribution in [3.8, 4) is 5.75 Å². The average molecular weight is 250 g/mol. The van der Waals surface area contributed by atoms with E-state index in [1.807, 2.05) is 36.2 Å². The molecule has 5 nitrogen and oxygen atoms in total. The van der Waals surface area contributed by atoms with E-state index in [4.69, 9.17) is 9.47 Å². The van der Waals surface area contributed by atoms with Gasteiger partial charge in [0.05, 0.1) is 13.2 Å². The third-order valence-electron chi connectivity index (χ3n) is 2.89. The number of hydrogen-bond donors (Lipinski definition) is 1. The molecule has 1 aliphatic heterocycles. The summed E-state index contributed by atoms with van der Waals surface area (Å²) in [6, 6.07) is 7.73. The highest BCUT2D eigenvalue weighted by molar-refractivity contribution is 5.80. The first-order valence-electron chi connectivity index (χ1n) is 5.92. The highest BCUT2D eigenvalue weighted by Gasteiger charge is 2.29. The number of rotatable bonds is 5. The lowest BCUT2D eigenvalue weighted by Gasteiger charge is -2.21. The molecule has 1 N–H and O–H groups in total. The molecule has 1 atom stereocenters. The summed E-state index contributed by atoms with van der Waals surface area (Å²) in [6.45, 7) is 1.45. The SMILES string of the molecule is COCCOc1ccccc1[C@H]1NC(=O)CN1C. The molecule has 1 saturated heterocycles. The van der Waals surface area contributed by atoms with E-state index in [0.717, 1.165) is 11.3 Å². The molecule has 0 aliphatic carbocycles. The lowest BCUT2D eigenvalue weighted by atomic mass is 10.1. The maximum Gasteiger partial charge on any atom is 0.235 e. The Hall–Kier alpha value is -1.59. The van der Waals surface area contributed by atoms with Gasteiger partial charge in [0.1, 0.15) is 18.5 Å². The van der Waals surface area contributed by atoms with E-state index in [0.29, 0.717) is 19.8 Å². The van der Waals surface area contributed by atoms with Gasteiger partial charge in [-0.3, -0.25) is 9.69 Å². The molecule has 1 aromatic carbocycles. The van der Waals surface area contributed by atoms with Crippen LogP contribution in [0.1, 0.15) is 11.7 Å². The smallest absolute Gasteiger partial charge is 0.235 e. The van der Waals surface area contributed by atoms with Gasteiger partial charge in [-0.05, 0) is 13.1 Å². The molecule has 1 fully saturated rings. The molecular formula is C13H18N2O3. The Morgan fingerprint density at radius 2 is 2.17 bits per heavy atom. The van der Waals surface area contributed by atoms with Gasteiger partial charge >= 0.3 is 0 Å². The Morgan fingerprint density at radius 3 is 2.83 bits per heavy atom. The molecule has 0 unspecified atom stereocenters. The minimum atomic E-state index is -0.115. The largest absolute Gasteiger partial charge is 0.491 e. The minimum Gasteiger partial charge on any atom is -0.491 e. The number of para-hydroxylation sites is 1. The van der Waals surface area contributed by atoms with Gasteiger partial charge in [0.2, 0.25) is 5.91 Å². The van der Waals surface area contributed by atoms with E-state index in [9.17, 15) is 4.79 Å². The van der Waals surface area contributed by atoms with Gasteiger partial charge in [-0.15, -0.1) is 0 Å². The standard InChI is InChI=1S/C13H18N2O3/c1-15-9-12(16)14-13(15)10-5-3-4-6-11(10)18-8-7-17-2/h3-6,13H,7-9H2,1-2H3,(H,14,16)/t13-/m0/s1. The maximum absolute atomic E-state index is 11.4. The molecule has 98 valence electrons. The van der Waals surface area contributed by atoms with Gasteiger partial charge in [-0.1, -0.05) is 18.2 Å². The van der Waals surface area contributed by atoms with Crippen molar-refractivity contribution in [3.63, 3.8) is 0 Å². The second-order valence-electron chi connectivity index (χ2n) is 4.26. The summed E-state index contributed by atoms with van der Waals surface area (Å²) < 4.78 is 10.6. The van der Waals surface area contributed by atoms with Crippen molar-refractivity contribution in [3.05, 3.63) is 29.8 Å². The molecular weight excluding hydrogens is 232 g/mol. The highest BCUT2D eigenvalue weighted by Crippen LogP contribution is 2.28. The summed E-state index contributed by atoms with van der Waals surface area (Å²) in [6.07, 6.45) is -0.115. The molecule has 1 heterocycles. The van der Waals surface area contributed by atoms with Crippen LogP contribution >= 0.6 is 0 Å². The van der Waals surface area contributed by atoms with Crippen LogP contribution in [-0.4, -0.2) is 44.7 Å². The summed E-state index contributed by atoms with van der Waals surface area (Å²) in [5, 5.41) is 2.93. The normalized spacial score (nSPS) is 19.9. The Bertz CT molecular complexity index is 422. The first-order chi connectivity index (χ1) is 8.72. The fourth-order valence-corrected chi connectivity index (χ4v) is 2.01. The van der Waals surface area contributed by atoms with Crippen molar-refractivity contribution in [1.29, 1.82) is 0 Å². The summed E-state index contributed by atoms with van der Waals surface area (Å²) in [4.78, 5) is 13.4. The number of likely N-dealkylation sites (N-methyl/N-ethyl adjacent to an activating group) is 1. The molecule has 18 heavy (non-hydrogen) atoms. The fraction of sp³-hybridized carbons (Fsp3) is 0.462. The van der Waals surface area contributed by atoms with E-state index in [2.05, 4.69) is 5.32 Å². The molecule has 0 saturated carbocycles. The summed E-state index contributed by atoms with van der Waals surface area (Å²) in [7, 11) is 3.55. The molecule has 1 aromatic rings. The van der Waals surface area contributed by atoms with Gasteiger partial charge in [0.25, 0.3) is 0 Å². The van der Waals surface area contributed by atoms with Crippen LogP contribution in [0, 0.1) is 0 Å². The van der Waals surface area contributed by atoms with E-state index < -0.39 is 0 Å². The molecule has 2 rings (SSSR count). The second-order valence-corrected chi connectivity index (χ2v) is 4.26.